The van der Waals surface area contributed by atoms with Crippen LogP contribution in [0.15, 0.2) is 18.2 Å². The molecule has 0 saturated heterocycles. The first-order valence-electron chi connectivity index (χ1n) is 6.87. The fourth-order valence-electron chi connectivity index (χ4n) is 2.59. The second-order valence-electron chi connectivity index (χ2n) is 5.45. The van der Waals surface area contributed by atoms with E-state index in [-0.39, 0.29) is 11.5 Å². The maximum Gasteiger partial charge on any atom is 0.230 e. The Hall–Kier alpha value is -1.49. The molecule has 0 spiro atoms. The fraction of sp³-hybridized carbons (Fsp3) is 0.533. The SMILES string of the molecule is CC(O)CCNC(=O)C1(c2ccc(F)cc2F)CCC1. The van der Waals surface area contributed by atoms with Gasteiger partial charge in [0.1, 0.15) is 11.6 Å². The van der Waals surface area contributed by atoms with Crippen LogP contribution in [0.4, 0.5) is 8.78 Å². The van der Waals surface area contributed by atoms with Crippen molar-refractivity contribution in [1.29, 1.82) is 0 Å². The van der Waals surface area contributed by atoms with E-state index >= 15 is 0 Å². The maximum absolute atomic E-state index is 13.9. The highest BCUT2D eigenvalue weighted by Gasteiger charge is 2.47. The first kappa shape index (κ1) is 14.9. The van der Waals surface area contributed by atoms with E-state index in [1.165, 1.54) is 12.1 Å². The molecular formula is C15H19F2NO2. The lowest BCUT2D eigenvalue weighted by molar-refractivity contribution is -0.130. The molecule has 1 aromatic rings. The summed E-state index contributed by atoms with van der Waals surface area (Å²) >= 11 is 0. The predicted molar refractivity (Wildman–Crippen MR) is 71.2 cm³/mol. The van der Waals surface area contributed by atoms with E-state index in [0.717, 1.165) is 12.5 Å². The number of aliphatic hydroxyl groups is 1. The molecular weight excluding hydrogens is 264 g/mol. The monoisotopic (exact) mass is 283 g/mol. The van der Waals surface area contributed by atoms with Gasteiger partial charge in [-0.3, -0.25) is 4.79 Å². The molecule has 0 aromatic heterocycles. The van der Waals surface area contributed by atoms with Crippen LogP contribution >= 0.6 is 0 Å². The summed E-state index contributed by atoms with van der Waals surface area (Å²) < 4.78 is 26.9. The molecule has 0 bridgehead atoms. The number of benzene rings is 1. The van der Waals surface area contributed by atoms with Gasteiger partial charge in [-0.05, 0) is 32.3 Å². The molecule has 2 rings (SSSR count). The van der Waals surface area contributed by atoms with Gasteiger partial charge < -0.3 is 10.4 Å². The highest BCUT2D eigenvalue weighted by Crippen LogP contribution is 2.45. The first-order valence-corrected chi connectivity index (χ1v) is 6.87. The summed E-state index contributed by atoms with van der Waals surface area (Å²) in [5, 5.41) is 11.9. The third kappa shape index (κ3) is 2.82. The Kier molecular flexibility index (Phi) is 4.38. The zero-order chi connectivity index (χ0) is 14.8. The summed E-state index contributed by atoms with van der Waals surface area (Å²) in [7, 11) is 0. The van der Waals surface area contributed by atoms with Crippen LogP contribution in [0, 0.1) is 11.6 Å². The largest absolute Gasteiger partial charge is 0.393 e. The molecule has 110 valence electrons. The Morgan fingerprint density at radius 2 is 2.15 bits per heavy atom. The first-order chi connectivity index (χ1) is 9.45. The third-order valence-corrected chi connectivity index (χ3v) is 3.94. The fourth-order valence-corrected chi connectivity index (χ4v) is 2.59. The number of rotatable bonds is 5. The number of aliphatic hydroxyl groups excluding tert-OH is 1. The van der Waals surface area contributed by atoms with Gasteiger partial charge in [-0.25, -0.2) is 8.78 Å². The smallest absolute Gasteiger partial charge is 0.230 e. The van der Waals surface area contributed by atoms with Crippen molar-refractivity contribution in [3.63, 3.8) is 0 Å². The van der Waals surface area contributed by atoms with Crippen molar-refractivity contribution in [2.45, 2.75) is 44.1 Å². The molecule has 1 unspecified atom stereocenters. The molecule has 1 aliphatic rings. The summed E-state index contributed by atoms with van der Waals surface area (Å²) in [6, 6.07) is 3.36. The third-order valence-electron chi connectivity index (χ3n) is 3.94. The van der Waals surface area contributed by atoms with Gasteiger partial charge in [0.2, 0.25) is 5.91 Å². The molecule has 1 fully saturated rings. The number of carbonyl (C=O) groups excluding carboxylic acids is 1. The summed E-state index contributed by atoms with van der Waals surface area (Å²) in [6.45, 7) is 1.99. The van der Waals surface area contributed by atoms with E-state index in [1.807, 2.05) is 0 Å². The molecule has 1 amide bonds. The predicted octanol–water partition coefficient (Wildman–Crippen LogP) is 2.27. The van der Waals surface area contributed by atoms with Crippen LogP contribution in [-0.4, -0.2) is 23.7 Å². The van der Waals surface area contributed by atoms with E-state index in [9.17, 15) is 18.7 Å². The molecule has 1 saturated carbocycles. The van der Waals surface area contributed by atoms with Gasteiger partial charge in [-0.1, -0.05) is 12.5 Å². The number of carbonyl (C=O) groups is 1. The molecule has 5 heteroatoms. The van der Waals surface area contributed by atoms with Crippen molar-refractivity contribution >= 4 is 5.91 Å². The lowest BCUT2D eigenvalue weighted by Gasteiger charge is -2.40. The summed E-state index contributed by atoms with van der Waals surface area (Å²) in [4.78, 5) is 12.3. The highest BCUT2D eigenvalue weighted by atomic mass is 19.1. The second kappa shape index (κ2) is 5.87. The Balaban J connectivity index is 2.14. The van der Waals surface area contributed by atoms with Gasteiger partial charge >= 0.3 is 0 Å². The molecule has 2 N–H and O–H groups in total. The minimum absolute atomic E-state index is 0.241. The molecule has 1 aromatic carbocycles. The quantitative estimate of drug-likeness (QED) is 0.871. The number of hydrogen-bond acceptors (Lipinski definition) is 2. The lowest BCUT2D eigenvalue weighted by atomic mass is 9.63. The number of amides is 1. The van der Waals surface area contributed by atoms with Gasteiger partial charge in [0, 0.05) is 18.2 Å². The van der Waals surface area contributed by atoms with Crippen LogP contribution in [0.2, 0.25) is 0 Å². The standard InChI is InChI=1S/C15H19F2NO2/c1-10(19)5-8-18-14(20)15(6-2-7-15)12-4-3-11(16)9-13(12)17/h3-4,9-10,19H,2,5-8H2,1H3,(H,18,20). The summed E-state index contributed by atoms with van der Waals surface area (Å²) in [5.41, 5.74) is -0.615. The van der Waals surface area contributed by atoms with E-state index in [0.29, 0.717) is 25.8 Å². The topological polar surface area (TPSA) is 49.3 Å². The Labute approximate surface area is 117 Å². The van der Waals surface area contributed by atoms with Crippen LogP contribution in [0.25, 0.3) is 0 Å². The Morgan fingerprint density at radius 1 is 1.45 bits per heavy atom. The zero-order valence-electron chi connectivity index (χ0n) is 11.5. The molecule has 0 heterocycles. The van der Waals surface area contributed by atoms with E-state index in [1.54, 1.807) is 6.92 Å². The van der Waals surface area contributed by atoms with Crippen molar-refractivity contribution in [3.05, 3.63) is 35.4 Å². The molecule has 3 nitrogen and oxygen atoms in total. The lowest BCUT2D eigenvalue weighted by Crippen LogP contribution is -2.50. The minimum atomic E-state index is -0.878. The molecule has 20 heavy (non-hydrogen) atoms. The Bertz CT molecular complexity index is 499. The van der Waals surface area contributed by atoms with Crippen molar-refractivity contribution in [2.24, 2.45) is 0 Å². The van der Waals surface area contributed by atoms with E-state index in [4.69, 9.17) is 0 Å². The highest BCUT2D eigenvalue weighted by molar-refractivity contribution is 5.89. The van der Waals surface area contributed by atoms with Crippen LogP contribution < -0.4 is 5.32 Å². The van der Waals surface area contributed by atoms with Crippen LogP contribution in [0.5, 0.6) is 0 Å². The van der Waals surface area contributed by atoms with Crippen molar-refractivity contribution in [2.75, 3.05) is 6.54 Å². The van der Waals surface area contributed by atoms with Gasteiger partial charge in [0.05, 0.1) is 11.5 Å². The second-order valence-corrected chi connectivity index (χ2v) is 5.45. The molecule has 0 radical (unpaired) electrons. The van der Waals surface area contributed by atoms with Crippen LogP contribution in [0.1, 0.15) is 38.2 Å². The maximum atomic E-state index is 13.9. The van der Waals surface area contributed by atoms with Gasteiger partial charge in [-0.15, -0.1) is 0 Å². The average Bonchev–Trinajstić information content (AvgIpc) is 2.30. The van der Waals surface area contributed by atoms with Gasteiger partial charge in [-0.2, -0.15) is 0 Å². The zero-order valence-corrected chi connectivity index (χ0v) is 11.5. The number of nitrogens with one attached hydrogen (secondary N) is 1. The van der Waals surface area contributed by atoms with Crippen molar-refractivity contribution < 1.29 is 18.7 Å². The summed E-state index contributed by atoms with van der Waals surface area (Å²) in [5.74, 6) is -1.56. The average molecular weight is 283 g/mol. The minimum Gasteiger partial charge on any atom is -0.393 e. The van der Waals surface area contributed by atoms with Crippen LogP contribution in [-0.2, 0) is 10.2 Å². The van der Waals surface area contributed by atoms with Crippen LogP contribution in [0.3, 0.4) is 0 Å². The van der Waals surface area contributed by atoms with Crippen molar-refractivity contribution in [3.8, 4) is 0 Å². The number of halogens is 2. The van der Waals surface area contributed by atoms with E-state index in [2.05, 4.69) is 5.32 Å². The Morgan fingerprint density at radius 3 is 2.65 bits per heavy atom. The van der Waals surface area contributed by atoms with Crippen molar-refractivity contribution in [1.82, 2.24) is 5.32 Å². The van der Waals surface area contributed by atoms with Gasteiger partial charge in [0.15, 0.2) is 0 Å². The molecule has 1 aliphatic carbocycles. The van der Waals surface area contributed by atoms with E-state index < -0.39 is 23.2 Å². The number of hydrogen-bond donors (Lipinski definition) is 2. The molecule has 1 atom stereocenters. The molecule has 0 aliphatic heterocycles. The van der Waals surface area contributed by atoms with Gasteiger partial charge in [0.25, 0.3) is 0 Å². The summed E-state index contributed by atoms with van der Waals surface area (Å²) in [6.07, 6.45) is 1.94. The normalized spacial score (nSPS) is 18.2.